The minimum Gasteiger partial charge on any atom is -0.502 e. The Kier molecular flexibility index (Phi) is 5.56. The molecule has 0 aromatic heterocycles. The van der Waals surface area contributed by atoms with E-state index in [-0.39, 0.29) is 16.1 Å². The number of carbonyl (C=O) groups excluding carboxylic acids is 1. The summed E-state index contributed by atoms with van der Waals surface area (Å²) in [7, 11) is -4.17. The second kappa shape index (κ2) is 7.66. The second-order valence-electron chi connectivity index (χ2n) is 5.14. The van der Waals surface area contributed by atoms with Crippen LogP contribution in [0.5, 0.6) is 0 Å². The number of aliphatic carboxylic acids is 1. The molecule has 0 unspecified atom stereocenters. The maximum Gasteiger partial charge on any atom is 0.371 e. The second-order valence-corrected chi connectivity index (χ2v) is 6.82. The zero-order valence-electron chi connectivity index (χ0n) is 13.4. The van der Waals surface area contributed by atoms with Crippen molar-refractivity contribution in [3.05, 3.63) is 76.0 Å². The highest BCUT2D eigenvalue weighted by molar-refractivity contribution is 7.92. The Bertz CT molecular complexity index is 1060. The Morgan fingerprint density at radius 2 is 1.74 bits per heavy atom. The number of rotatable bonds is 7. The predicted octanol–water partition coefficient (Wildman–Crippen LogP) is 2.10. The number of nitro benzene ring substituents is 1. The van der Waals surface area contributed by atoms with Crippen molar-refractivity contribution in [1.29, 1.82) is 0 Å². The van der Waals surface area contributed by atoms with Crippen LogP contribution in [0.3, 0.4) is 0 Å². The van der Waals surface area contributed by atoms with Gasteiger partial charge in [-0.1, -0.05) is 18.2 Å². The minimum absolute atomic E-state index is 0.0319. The molecule has 0 amide bonds. The molecule has 0 aliphatic heterocycles. The van der Waals surface area contributed by atoms with Gasteiger partial charge in [-0.2, -0.15) is 0 Å². The van der Waals surface area contributed by atoms with Gasteiger partial charge < -0.3 is 10.2 Å². The fraction of sp³-hybridized carbons (Fsp3) is 0. The standard InChI is InChI=1S/C16H12N2O8S/c19-14(9-15(20)16(21)22)10-3-1-4-11(7-10)17-27(25,26)13-6-2-5-12(8-13)18(23)24/h1-9,17,20H,(H,21,22)/b15-9-. The van der Waals surface area contributed by atoms with E-state index in [1.807, 2.05) is 0 Å². The summed E-state index contributed by atoms with van der Waals surface area (Å²) in [4.78, 5) is 32.2. The molecule has 2 rings (SSSR count). The fourth-order valence-electron chi connectivity index (χ4n) is 1.98. The van der Waals surface area contributed by atoms with Gasteiger partial charge >= 0.3 is 5.97 Å². The quantitative estimate of drug-likeness (QED) is 0.212. The van der Waals surface area contributed by atoms with Crippen LogP contribution in [0, 0.1) is 10.1 Å². The van der Waals surface area contributed by atoms with Crippen molar-refractivity contribution >= 4 is 33.2 Å². The number of ketones is 1. The zero-order valence-corrected chi connectivity index (χ0v) is 14.2. The normalized spacial score (nSPS) is 11.6. The number of hydrogen-bond donors (Lipinski definition) is 3. The molecule has 140 valence electrons. The van der Waals surface area contributed by atoms with Crippen molar-refractivity contribution in [3.63, 3.8) is 0 Å². The molecule has 3 N–H and O–H groups in total. The third kappa shape index (κ3) is 4.89. The Morgan fingerprint density at radius 3 is 2.37 bits per heavy atom. The maximum absolute atomic E-state index is 12.4. The number of sulfonamides is 1. The van der Waals surface area contributed by atoms with E-state index in [2.05, 4.69) is 4.72 Å². The van der Waals surface area contributed by atoms with Crippen molar-refractivity contribution in [2.24, 2.45) is 0 Å². The smallest absolute Gasteiger partial charge is 0.371 e. The summed E-state index contributed by atoms with van der Waals surface area (Å²) in [5, 5.41) is 28.4. The maximum atomic E-state index is 12.4. The first-order valence-electron chi connectivity index (χ1n) is 7.16. The molecule has 0 bridgehead atoms. The van der Waals surface area contributed by atoms with E-state index < -0.39 is 38.1 Å². The number of anilines is 1. The highest BCUT2D eigenvalue weighted by Crippen LogP contribution is 2.21. The van der Waals surface area contributed by atoms with E-state index in [4.69, 9.17) is 10.2 Å². The monoisotopic (exact) mass is 392 g/mol. The molecule has 0 spiro atoms. The minimum atomic E-state index is -4.17. The number of nitrogens with one attached hydrogen (secondary N) is 1. The Balaban J connectivity index is 2.31. The first-order valence-corrected chi connectivity index (χ1v) is 8.64. The number of non-ortho nitro benzene ring substituents is 1. The lowest BCUT2D eigenvalue weighted by Crippen LogP contribution is -2.13. The molecule has 0 saturated heterocycles. The molecule has 0 radical (unpaired) electrons. The number of aliphatic hydroxyl groups excluding tert-OH is 1. The van der Waals surface area contributed by atoms with Gasteiger partial charge in [-0.15, -0.1) is 0 Å². The van der Waals surface area contributed by atoms with Gasteiger partial charge in [0.15, 0.2) is 5.78 Å². The number of carboxylic acids is 1. The number of nitrogens with zero attached hydrogens (tertiary/aromatic N) is 1. The van der Waals surface area contributed by atoms with Crippen LogP contribution in [-0.2, 0) is 14.8 Å². The average Bonchev–Trinajstić information content (AvgIpc) is 2.61. The first-order chi connectivity index (χ1) is 12.6. The largest absolute Gasteiger partial charge is 0.502 e. The SMILES string of the molecule is O=C(O)/C(O)=C/C(=O)c1cccc(NS(=O)(=O)c2cccc([N+](=O)[O-])c2)c1. The lowest BCUT2D eigenvalue weighted by molar-refractivity contribution is -0.385. The predicted molar refractivity (Wildman–Crippen MR) is 93.0 cm³/mol. The number of carboxylic acid groups (broad SMARTS) is 1. The number of hydrogen-bond acceptors (Lipinski definition) is 7. The van der Waals surface area contributed by atoms with E-state index in [1.165, 1.54) is 24.3 Å². The summed E-state index contributed by atoms with van der Waals surface area (Å²) >= 11 is 0. The Hall–Kier alpha value is -3.73. The number of carbonyl (C=O) groups is 2. The number of nitro groups is 1. The third-order valence-electron chi connectivity index (χ3n) is 3.22. The van der Waals surface area contributed by atoms with Crippen molar-refractivity contribution in [1.82, 2.24) is 0 Å². The van der Waals surface area contributed by atoms with Crippen LogP contribution < -0.4 is 4.72 Å². The summed E-state index contributed by atoms with van der Waals surface area (Å²) in [6.07, 6.45) is 0.483. The molecule has 0 atom stereocenters. The van der Waals surface area contributed by atoms with E-state index in [0.717, 1.165) is 24.3 Å². The van der Waals surface area contributed by atoms with E-state index >= 15 is 0 Å². The summed E-state index contributed by atoms with van der Waals surface area (Å²) in [6, 6.07) is 9.48. The van der Waals surface area contributed by atoms with Gasteiger partial charge in [-0.05, 0) is 18.2 Å². The van der Waals surface area contributed by atoms with Crippen LogP contribution in [-0.4, -0.2) is 35.3 Å². The lowest BCUT2D eigenvalue weighted by Gasteiger charge is -2.09. The average molecular weight is 392 g/mol. The van der Waals surface area contributed by atoms with Gasteiger partial charge in [0.2, 0.25) is 5.76 Å². The van der Waals surface area contributed by atoms with Crippen molar-refractivity contribution in [2.45, 2.75) is 4.90 Å². The molecule has 0 aliphatic rings. The van der Waals surface area contributed by atoms with Gasteiger partial charge in [0, 0.05) is 29.5 Å². The van der Waals surface area contributed by atoms with Gasteiger partial charge in [-0.25, -0.2) is 13.2 Å². The van der Waals surface area contributed by atoms with Crippen LogP contribution in [0.4, 0.5) is 11.4 Å². The molecule has 0 aliphatic carbocycles. The summed E-state index contributed by atoms with van der Waals surface area (Å²) < 4.78 is 26.9. The molecule has 0 saturated carbocycles. The number of aliphatic hydroxyl groups is 1. The van der Waals surface area contributed by atoms with Crippen LogP contribution >= 0.6 is 0 Å². The van der Waals surface area contributed by atoms with E-state index in [1.54, 1.807) is 0 Å². The number of benzene rings is 2. The highest BCUT2D eigenvalue weighted by Gasteiger charge is 2.18. The van der Waals surface area contributed by atoms with Crippen molar-refractivity contribution in [2.75, 3.05) is 4.72 Å². The topological polar surface area (TPSA) is 164 Å². The van der Waals surface area contributed by atoms with Crippen LogP contribution in [0.2, 0.25) is 0 Å². The molecule has 11 heteroatoms. The van der Waals surface area contributed by atoms with Crippen LogP contribution in [0.1, 0.15) is 10.4 Å². The van der Waals surface area contributed by atoms with Crippen LogP contribution in [0.15, 0.2) is 65.3 Å². The molecular weight excluding hydrogens is 380 g/mol. The third-order valence-corrected chi connectivity index (χ3v) is 4.60. The first kappa shape index (κ1) is 19.6. The molecule has 0 fully saturated rings. The lowest BCUT2D eigenvalue weighted by atomic mass is 10.1. The van der Waals surface area contributed by atoms with Crippen LogP contribution in [0.25, 0.3) is 0 Å². The summed E-state index contributed by atoms with van der Waals surface area (Å²) in [5.74, 6) is -3.71. The van der Waals surface area contributed by atoms with Crippen molar-refractivity contribution in [3.8, 4) is 0 Å². The Labute approximate surface area is 152 Å². The summed E-state index contributed by atoms with van der Waals surface area (Å²) in [6.45, 7) is 0. The highest BCUT2D eigenvalue weighted by atomic mass is 32.2. The van der Waals surface area contributed by atoms with Gasteiger partial charge in [0.05, 0.1) is 9.82 Å². The molecule has 2 aromatic carbocycles. The molecule has 0 heterocycles. The molecule has 10 nitrogen and oxygen atoms in total. The zero-order chi connectivity index (χ0) is 20.2. The van der Waals surface area contributed by atoms with Crippen molar-refractivity contribution < 1.29 is 33.1 Å². The van der Waals surface area contributed by atoms with Gasteiger partial charge in [-0.3, -0.25) is 19.6 Å². The summed E-state index contributed by atoms with van der Waals surface area (Å²) in [5.41, 5.74) is -0.520. The molecule has 27 heavy (non-hydrogen) atoms. The fourth-order valence-corrected chi connectivity index (χ4v) is 3.07. The molecule has 2 aromatic rings. The number of allylic oxidation sites excluding steroid dienone is 1. The van der Waals surface area contributed by atoms with Gasteiger partial charge in [0.1, 0.15) is 0 Å². The van der Waals surface area contributed by atoms with E-state index in [0.29, 0.717) is 6.08 Å². The Morgan fingerprint density at radius 1 is 1.07 bits per heavy atom. The van der Waals surface area contributed by atoms with Gasteiger partial charge in [0.25, 0.3) is 15.7 Å². The van der Waals surface area contributed by atoms with E-state index in [9.17, 15) is 28.1 Å². The molecular formula is C16H12N2O8S.